The Morgan fingerprint density at radius 3 is 2.47 bits per heavy atom. The summed E-state index contributed by atoms with van der Waals surface area (Å²) in [5.41, 5.74) is 2.37. The second-order valence-electron chi connectivity index (χ2n) is 7.40. The highest BCUT2D eigenvalue weighted by Gasteiger charge is 2.22. The van der Waals surface area contributed by atoms with Crippen molar-refractivity contribution in [3.8, 4) is 5.95 Å². The number of aromatic nitrogens is 6. The second kappa shape index (κ2) is 7.60. The summed E-state index contributed by atoms with van der Waals surface area (Å²) < 4.78 is 6.18. The Bertz CT molecular complexity index is 1370. The van der Waals surface area contributed by atoms with Gasteiger partial charge in [0.25, 0.3) is 5.56 Å². The number of benzene rings is 1. The first kappa shape index (κ1) is 20.2. The first-order valence-electron chi connectivity index (χ1n) is 9.80. The molecule has 8 nitrogen and oxygen atoms in total. The molecule has 0 radical (unpaired) electrons. The fourth-order valence-corrected chi connectivity index (χ4v) is 3.92. The van der Waals surface area contributed by atoms with Crippen LogP contribution >= 0.6 is 11.6 Å². The standard InChI is InChI=1S/C21H23ClN6O2/c1-5-10-26-17-18(23-20(26)28-14(3)11-13(2)24-28)25(4)21(30)27(19(17)29)12-15-8-6-7-9-16(15)22/h6-9,11H,5,10,12H2,1-4H3. The van der Waals surface area contributed by atoms with E-state index in [2.05, 4.69) is 10.1 Å². The van der Waals surface area contributed by atoms with E-state index in [4.69, 9.17) is 11.6 Å². The number of fused-ring (bicyclic) bond motifs is 1. The van der Waals surface area contributed by atoms with Crippen LogP contribution in [0.1, 0.15) is 30.3 Å². The average Bonchev–Trinajstić information content (AvgIpc) is 3.24. The third kappa shape index (κ3) is 3.17. The van der Waals surface area contributed by atoms with Crippen molar-refractivity contribution in [2.45, 2.75) is 40.3 Å². The van der Waals surface area contributed by atoms with Crippen molar-refractivity contribution >= 4 is 22.8 Å². The summed E-state index contributed by atoms with van der Waals surface area (Å²) in [6.07, 6.45) is 0.796. The minimum atomic E-state index is -0.437. The molecule has 0 unspecified atom stereocenters. The van der Waals surface area contributed by atoms with Crippen LogP contribution in [0.4, 0.5) is 0 Å². The van der Waals surface area contributed by atoms with E-state index < -0.39 is 5.69 Å². The maximum atomic E-state index is 13.5. The molecule has 0 amide bonds. The molecule has 9 heteroatoms. The topological polar surface area (TPSA) is 79.6 Å². The van der Waals surface area contributed by atoms with E-state index in [0.717, 1.165) is 17.8 Å². The molecule has 0 N–H and O–H groups in total. The summed E-state index contributed by atoms with van der Waals surface area (Å²) >= 11 is 6.27. The lowest BCUT2D eigenvalue weighted by Crippen LogP contribution is -2.40. The van der Waals surface area contributed by atoms with Crippen molar-refractivity contribution < 1.29 is 0 Å². The van der Waals surface area contributed by atoms with Gasteiger partial charge in [0, 0.05) is 24.3 Å². The molecule has 30 heavy (non-hydrogen) atoms. The van der Waals surface area contributed by atoms with E-state index in [1.807, 2.05) is 49.6 Å². The molecule has 1 aromatic carbocycles. The highest BCUT2D eigenvalue weighted by Crippen LogP contribution is 2.19. The third-order valence-corrected chi connectivity index (χ3v) is 5.51. The monoisotopic (exact) mass is 426 g/mol. The van der Waals surface area contributed by atoms with Gasteiger partial charge in [-0.2, -0.15) is 10.1 Å². The first-order valence-corrected chi connectivity index (χ1v) is 10.2. The minimum absolute atomic E-state index is 0.0909. The van der Waals surface area contributed by atoms with Gasteiger partial charge in [-0.3, -0.25) is 13.9 Å². The fraction of sp³-hybridized carbons (Fsp3) is 0.333. The molecule has 3 aromatic heterocycles. The lowest BCUT2D eigenvalue weighted by Gasteiger charge is -2.11. The van der Waals surface area contributed by atoms with Gasteiger partial charge in [-0.25, -0.2) is 9.48 Å². The third-order valence-electron chi connectivity index (χ3n) is 5.14. The first-order chi connectivity index (χ1) is 14.3. The second-order valence-corrected chi connectivity index (χ2v) is 7.81. The van der Waals surface area contributed by atoms with E-state index in [-0.39, 0.29) is 12.1 Å². The van der Waals surface area contributed by atoms with Gasteiger partial charge < -0.3 is 4.57 Å². The highest BCUT2D eigenvalue weighted by molar-refractivity contribution is 6.31. The van der Waals surface area contributed by atoms with Crippen LogP contribution in [0.5, 0.6) is 0 Å². The molecule has 0 atom stereocenters. The summed E-state index contributed by atoms with van der Waals surface area (Å²) in [6.45, 7) is 6.53. The lowest BCUT2D eigenvalue weighted by atomic mass is 10.2. The van der Waals surface area contributed by atoms with Gasteiger partial charge >= 0.3 is 5.69 Å². The quantitative estimate of drug-likeness (QED) is 0.491. The number of aryl methyl sites for hydroxylation is 4. The number of imidazole rings is 1. The van der Waals surface area contributed by atoms with E-state index >= 15 is 0 Å². The van der Waals surface area contributed by atoms with Gasteiger partial charge in [-0.15, -0.1) is 0 Å². The zero-order valence-electron chi connectivity index (χ0n) is 17.4. The molecule has 0 spiro atoms. The summed E-state index contributed by atoms with van der Waals surface area (Å²) in [5.74, 6) is 0.528. The molecule has 0 saturated carbocycles. The molecular formula is C21H23ClN6O2. The maximum Gasteiger partial charge on any atom is 0.332 e. The smallest absolute Gasteiger partial charge is 0.302 e. The van der Waals surface area contributed by atoms with Crippen LogP contribution in [0.25, 0.3) is 17.1 Å². The van der Waals surface area contributed by atoms with Crippen LogP contribution in [0.3, 0.4) is 0 Å². The predicted octanol–water partition coefficient (Wildman–Crippen LogP) is 2.81. The van der Waals surface area contributed by atoms with Gasteiger partial charge in [0.2, 0.25) is 5.95 Å². The van der Waals surface area contributed by atoms with Crippen molar-refractivity contribution in [2.75, 3.05) is 0 Å². The normalized spacial score (nSPS) is 11.5. The largest absolute Gasteiger partial charge is 0.332 e. The minimum Gasteiger partial charge on any atom is -0.302 e. The SMILES string of the molecule is CCCn1c(-n2nc(C)cc2C)nc2c1c(=O)n(Cc1ccccc1Cl)c(=O)n2C. The van der Waals surface area contributed by atoms with Crippen LogP contribution in [-0.4, -0.2) is 28.5 Å². The van der Waals surface area contributed by atoms with Crippen LogP contribution < -0.4 is 11.2 Å². The van der Waals surface area contributed by atoms with E-state index in [1.165, 1.54) is 9.13 Å². The molecule has 156 valence electrons. The zero-order valence-corrected chi connectivity index (χ0v) is 18.1. The summed E-state index contributed by atoms with van der Waals surface area (Å²) in [6, 6.07) is 9.14. The van der Waals surface area contributed by atoms with Crippen LogP contribution in [0.15, 0.2) is 39.9 Å². The number of nitrogens with zero attached hydrogens (tertiary/aromatic N) is 6. The number of halogens is 1. The van der Waals surface area contributed by atoms with Crippen LogP contribution in [0.2, 0.25) is 5.02 Å². The average molecular weight is 427 g/mol. The van der Waals surface area contributed by atoms with Crippen LogP contribution in [0, 0.1) is 13.8 Å². The Morgan fingerprint density at radius 2 is 1.83 bits per heavy atom. The van der Waals surface area contributed by atoms with Crippen LogP contribution in [-0.2, 0) is 20.1 Å². The predicted molar refractivity (Wildman–Crippen MR) is 117 cm³/mol. The van der Waals surface area contributed by atoms with E-state index in [1.54, 1.807) is 17.8 Å². The number of hydrogen-bond donors (Lipinski definition) is 0. The maximum absolute atomic E-state index is 13.5. The molecule has 0 aliphatic carbocycles. The van der Waals surface area contributed by atoms with E-state index in [0.29, 0.717) is 34.2 Å². The molecule has 4 rings (SSSR count). The molecule has 4 aromatic rings. The molecule has 0 aliphatic rings. The molecule has 0 saturated heterocycles. The number of rotatable bonds is 5. The van der Waals surface area contributed by atoms with Gasteiger partial charge in [0.05, 0.1) is 12.2 Å². The molecule has 0 fully saturated rings. The van der Waals surface area contributed by atoms with Crippen molar-refractivity contribution in [1.82, 2.24) is 28.5 Å². The Morgan fingerprint density at radius 1 is 1.10 bits per heavy atom. The van der Waals surface area contributed by atoms with Crippen molar-refractivity contribution in [3.63, 3.8) is 0 Å². The number of hydrogen-bond acceptors (Lipinski definition) is 4. The van der Waals surface area contributed by atoms with Gasteiger partial charge in [0.15, 0.2) is 11.2 Å². The Kier molecular flexibility index (Phi) is 5.11. The molecule has 0 aliphatic heterocycles. The molecule has 0 bridgehead atoms. The lowest BCUT2D eigenvalue weighted by molar-refractivity contribution is 0.630. The van der Waals surface area contributed by atoms with Gasteiger partial charge in [-0.05, 0) is 38.0 Å². The van der Waals surface area contributed by atoms with Crippen molar-refractivity contribution in [3.05, 3.63) is 73.1 Å². The molecule has 3 heterocycles. The summed E-state index contributed by atoms with van der Waals surface area (Å²) in [7, 11) is 1.63. The highest BCUT2D eigenvalue weighted by atomic mass is 35.5. The van der Waals surface area contributed by atoms with Crippen molar-refractivity contribution in [1.29, 1.82) is 0 Å². The summed E-state index contributed by atoms with van der Waals surface area (Å²) in [5, 5.41) is 5.03. The summed E-state index contributed by atoms with van der Waals surface area (Å²) in [4.78, 5) is 31.1. The van der Waals surface area contributed by atoms with Gasteiger partial charge in [-0.1, -0.05) is 36.7 Å². The van der Waals surface area contributed by atoms with Gasteiger partial charge in [0.1, 0.15) is 0 Å². The fourth-order valence-electron chi connectivity index (χ4n) is 3.72. The Balaban J connectivity index is 2.03. The Labute approximate surface area is 178 Å². The van der Waals surface area contributed by atoms with E-state index in [9.17, 15) is 9.59 Å². The zero-order chi connectivity index (χ0) is 21.6. The molecular weight excluding hydrogens is 404 g/mol. The Hall–Kier alpha value is -3.13. The van der Waals surface area contributed by atoms with Crippen molar-refractivity contribution in [2.24, 2.45) is 7.05 Å².